The van der Waals surface area contributed by atoms with Gasteiger partial charge < -0.3 is 19.9 Å². The van der Waals surface area contributed by atoms with Gasteiger partial charge in [-0.1, -0.05) is 61.1 Å². The minimum atomic E-state index is 0.939. The molecular formula is C36H46N4. The minimum Gasteiger partial charge on any atom is -0.355 e. The van der Waals surface area contributed by atoms with Gasteiger partial charge in [0.15, 0.2) is 0 Å². The van der Waals surface area contributed by atoms with Gasteiger partial charge in [0, 0.05) is 49.7 Å². The lowest BCUT2D eigenvalue weighted by atomic mass is 10.0. The molecule has 0 fully saturated rings. The Hall–Kier alpha value is -3.66. The average molecular weight is 535 g/mol. The lowest BCUT2D eigenvalue weighted by Crippen LogP contribution is -2.13. The summed E-state index contributed by atoms with van der Waals surface area (Å²) in [4.78, 5) is 15.3. The van der Waals surface area contributed by atoms with Gasteiger partial charge in [0.25, 0.3) is 0 Å². The molecule has 0 amide bonds. The molecular weight excluding hydrogens is 488 g/mol. The molecule has 210 valence electrons. The van der Waals surface area contributed by atoms with Gasteiger partial charge >= 0.3 is 0 Å². The fraction of sp³-hybridized carbons (Fsp3) is 0.389. The SMILES string of the molecule is C=Cc1c2[nH]c(c1CC)C=c1[nH]c(c(CC)c1CC)=Cc1[nH]c(c(CC)c1CC)C=c1[nH]c(c(CC)c1CC)=C2. The van der Waals surface area contributed by atoms with Crippen molar-refractivity contribution < 1.29 is 0 Å². The van der Waals surface area contributed by atoms with E-state index >= 15 is 0 Å². The molecule has 0 spiro atoms. The Morgan fingerprint density at radius 2 is 0.725 bits per heavy atom. The summed E-state index contributed by atoms with van der Waals surface area (Å²) < 4.78 is 0. The molecule has 0 atom stereocenters. The van der Waals surface area contributed by atoms with Crippen LogP contribution in [-0.4, -0.2) is 19.9 Å². The fourth-order valence-electron chi connectivity index (χ4n) is 7.05. The summed E-state index contributed by atoms with van der Waals surface area (Å²) in [7, 11) is 0. The van der Waals surface area contributed by atoms with Crippen LogP contribution in [0.1, 0.15) is 116 Å². The zero-order chi connectivity index (χ0) is 28.6. The van der Waals surface area contributed by atoms with Crippen molar-refractivity contribution in [1.82, 2.24) is 19.9 Å². The number of aromatic nitrogens is 4. The summed E-state index contributed by atoms with van der Waals surface area (Å²) in [6, 6.07) is 0. The van der Waals surface area contributed by atoms with E-state index in [0.717, 1.165) is 56.3 Å². The number of aromatic amines is 4. The Bertz CT molecular complexity index is 1810. The van der Waals surface area contributed by atoms with Gasteiger partial charge in [0.1, 0.15) is 0 Å². The Morgan fingerprint density at radius 3 is 1.05 bits per heavy atom. The van der Waals surface area contributed by atoms with E-state index in [-0.39, 0.29) is 0 Å². The first-order valence-electron chi connectivity index (χ1n) is 15.4. The standard InChI is InChI=1S/C36H46N4/c1-9-21-22(10-2)30-18-32-25(13-5)26(14-6)34(39-32)20-36-28(16-8)27(15-7)35(40-36)19-33-24(12-4)23(11-3)31(38-33)17-29(21)37-30/h9,17-20,37-40H,1,10-16H2,2-8H3. The molecule has 5 rings (SSSR count). The average Bonchev–Trinajstić information content (AvgIpc) is 3.67. The third-order valence-electron chi connectivity index (χ3n) is 8.90. The first kappa shape index (κ1) is 27.9. The van der Waals surface area contributed by atoms with Crippen molar-refractivity contribution in [3.05, 3.63) is 95.3 Å². The second-order valence-electron chi connectivity index (χ2n) is 10.8. The molecule has 4 heteroatoms. The van der Waals surface area contributed by atoms with Gasteiger partial charge in [-0.2, -0.15) is 0 Å². The maximum absolute atomic E-state index is 4.22. The van der Waals surface area contributed by atoms with Crippen LogP contribution in [0.5, 0.6) is 0 Å². The molecule has 4 N–H and O–H groups in total. The Balaban J connectivity index is 2.01. The van der Waals surface area contributed by atoms with Crippen molar-refractivity contribution in [3.63, 3.8) is 0 Å². The number of H-pyrrole nitrogens is 4. The minimum absolute atomic E-state index is 0.939. The summed E-state index contributed by atoms with van der Waals surface area (Å²) in [6.45, 7) is 20.1. The molecule has 0 aromatic carbocycles. The summed E-state index contributed by atoms with van der Waals surface area (Å²) in [5, 5.41) is 4.82. The summed E-state index contributed by atoms with van der Waals surface area (Å²) in [5.74, 6) is 0. The second-order valence-corrected chi connectivity index (χ2v) is 10.8. The molecule has 0 unspecified atom stereocenters. The normalized spacial score (nSPS) is 12.5. The molecule has 40 heavy (non-hydrogen) atoms. The number of hydrogen-bond donors (Lipinski definition) is 4. The van der Waals surface area contributed by atoms with Crippen LogP contribution in [0.3, 0.4) is 0 Å². The van der Waals surface area contributed by atoms with Gasteiger partial charge in [0.05, 0.1) is 0 Å². The third-order valence-corrected chi connectivity index (χ3v) is 8.90. The molecule has 4 nitrogen and oxygen atoms in total. The Kier molecular flexibility index (Phi) is 7.98. The predicted molar refractivity (Wildman–Crippen MR) is 172 cm³/mol. The van der Waals surface area contributed by atoms with E-state index in [1.165, 1.54) is 77.3 Å². The summed E-state index contributed by atoms with van der Waals surface area (Å²) >= 11 is 0. The lowest BCUT2D eigenvalue weighted by molar-refractivity contribution is 1.04. The first-order valence-corrected chi connectivity index (χ1v) is 15.4. The second kappa shape index (κ2) is 11.4. The molecule has 0 radical (unpaired) electrons. The van der Waals surface area contributed by atoms with Crippen LogP contribution in [0.2, 0.25) is 0 Å². The molecule has 5 heterocycles. The molecule has 0 saturated heterocycles. The molecule has 0 saturated carbocycles. The topological polar surface area (TPSA) is 63.2 Å². The maximum Gasteiger partial charge on any atom is 0.0482 e. The number of fused-ring (bicyclic) bond motifs is 8. The highest BCUT2D eigenvalue weighted by Gasteiger charge is 2.17. The molecule has 4 aromatic rings. The van der Waals surface area contributed by atoms with Gasteiger partial charge in [0.2, 0.25) is 0 Å². The quantitative estimate of drug-likeness (QED) is 0.211. The largest absolute Gasteiger partial charge is 0.355 e. The highest BCUT2D eigenvalue weighted by atomic mass is 14.8. The monoisotopic (exact) mass is 534 g/mol. The lowest BCUT2D eigenvalue weighted by Gasteiger charge is -2.01. The van der Waals surface area contributed by atoms with Crippen molar-refractivity contribution in [2.45, 2.75) is 93.4 Å². The third kappa shape index (κ3) is 4.48. The van der Waals surface area contributed by atoms with Crippen LogP contribution in [0, 0.1) is 0 Å². The van der Waals surface area contributed by atoms with E-state index in [1.54, 1.807) is 0 Å². The molecule has 4 aromatic heterocycles. The van der Waals surface area contributed by atoms with Crippen LogP contribution in [-0.2, 0) is 44.9 Å². The smallest absolute Gasteiger partial charge is 0.0482 e. The fourth-order valence-corrected chi connectivity index (χ4v) is 7.05. The van der Waals surface area contributed by atoms with Crippen molar-refractivity contribution in [3.8, 4) is 0 Å². The van der Waals surface area contributed by atoms with E-state index in [0.29, 0.717) is 0 Å². The maximum atomic E-state index is 4.22. The number of rotatable bonds is 8. The van der Waals surface area contributed by atoms with E-state index in [4.69, 9.17) is 0 Å². The van der Waals surface area contributed by atoms with E-state index < -0.39 is 0 Å². The van der Waals surface area contributed by atoms with Gasteiger partial charge in [-0.25, -0.2) is 0 Å². The predicted octanol–water partition coefficient (Wildman–Crippen LogP) is 5.21. The van der Waals surface area contributed by atoms with Crippen molar-refractivity contribution in [2.24, 2.45) is 0 Å². The van der Waals surface area contributed by atoms with E-state index in [9.17, 15) is 0 Å². The van der Waals surface area contributed by atoms with Gasteiger partial charge in [-0.15, -0.1) is 0 Å². The van der Waals surface area contributed by atoms with Gasteiger partial charge in [-0.3, -0.25) is 0 Å². The van der Waals surface area contributed by atoms with Crippen LogP contribution in [0.4, 0.5) is 0 Å². The molecule has 1 aliphatic rings. The zero-order valence-corrected chi connectivity index (χ0v) is 25.5. The van der Waals surface area contributed by atoms with Crippen molar-refractivity contribution in [1.29, 1.82) is 0 Å². The Morgan fingerprint density at radius 1 is 0.425 bits per heavy atom. The summed E-state index contributed by atoms with van der Waals surface area (Å²) in [5.41, 5.74) is 15.7. The van der Waals surface area contributed by atoms with E-state index in [1.807, 2.05) is 6.08 Å². The summed E-state index contributed by atoms with van der Waals surface area (Å²) in [6.07, 6.45) is 18.3. The van der Waals surface area contributed by atoms with Crippen LogP contribution < -0.4 is 21.4 Å². The van der Waals surface area contributed by atoms with Crippen LogP contribution in [0.25, 0.3) is 30.4 Å². The zero-order valence-electron chi connectivity index (χ0n) is 25.5. The van der Waals surface area contributed by atoms with Crippen molar-refractivity contribution in [2.75, 3.05) is 0 Å². The molecule has 0 aliphatic carbocycles. The van der Waals surface area contributed by atoms with Gasteiger partial charge in [-0.05, 0) is 108 Å². The highest BCUT2D eigenvalue weighted by Crippen LogP contribution is 2.24. The van der Waals surface area contributed by atoms with Crippen molar-refractivity contribution >= 4 is 30.4 Å². The number of hydrogen-bond acceptors (Lipinski definition) is 0. The molecule has 1 aliphatic heterocycles. The highest BCUT2D eigenvalue weighted by molar-refractivity contribution is 5.71. The molecule has 8 bridgehead atoms. The van der Waals surface area contributed by atoms with Crippen LogP contribution in [0.15, 0.2) is 6.58 Å². The van der Waals surface area contributed by atoms with E-state index in [2.05, 4.69) is 99.3 Å². The van der Waals surface area contributed by atoms with Crippen LogP contribution >= 0.6 is 0 Å². The first-order chi connectivity index (χ1) is 19.5. The number of nitrogens with one attached hydrogen (secondary N) is 4. The Labute approximate surface area is 238 Å².